The molecule has 0 fully saturated rings. The van der Waals surface area contributed by atoms with Crippen molar-refractivity contribution in [3.8, 4) is 5.75 Å². The van der Waals surface area contributed by atoms with E-state index in [4.69, 9.17) is 4.74 Å². The Hall–Kier alpha value is -2.43. The highest BCUT2D eigenvalue weighted by molar-refractivity contribution is 6.03. The van der Waals surface area contributed by atoms with Gasteiger partial charge in [0.2, 0.25) is 0 Å². The lowest BCUT2D eigenvalue weighted by Crippen LogP contribution is -2.18. The molecule has 5 heteroatoms. The molecule has 2 aromatic heterocycles. The number of carbonyl (C=O) groups excluding carboxylic acids is 1. The van der Waals surface area contributed by atoms with Crippen LogP contribution in [0.2, 0.25) is 0 Å². The van der Waals surface area contributed by atoms with Gasteiger partial charge in [-0.3, -0.25) is 9.78 Å². The summed E-state index contributed by atoms with van der Waals surface area (Å²) >= 11 is 0. The van der Waals surface area contributed by atoms with Crippen molar-refractivity contribution in [3.63, 3.8) is 0 Å². The van der Waals surface area contributed by atoms with E-state index in [1.165, 1.54) is 18.4 Å². The van der Waals surface area contributed by atoms with Gasteiger partial charge >= 0.3 is 0 Å². The third-order valence-corrected chi connectivity index (χ3v) is 4.83. The maximum absolute atomic E-state index is 12.6. The number of carbonyl (C=O) groups is 1. The number of nitrogens with zero attached hydrogens (tertiary/aromatic N) is 2. The first-order chi connectivity index (χ1) is 12.4. The first kappa shape index (κ1) is 18.4. The summed E-state index contributed by atoms with van der Waals surface area (Å²) in [5.41, 5.74) is 3.76. The van der Waals surface area contributed by atoms with Crippen LogP contribution >= 0.6 is 0 Å². The highest BCUT2D eigenvalue weighted by Crippen LogP contribution is 2.29. The van der Waals surface area contributed by atoms with Crippen LogP contribution in [0.25, 0.3) is 0 Å². The molecule has 5 nitrogen and oxygen atoms in total. The van der Waals surface area contributed by atoms with Crippen molar-refractivity contribution in [2.75, 3.05) is 12.4 Å². The van der Waals surface area contributed by atoms with Crippen molar-refractivity contribution in [1.29, 1.82) is 0 Å². The van der Waals surface area contributed by atoms with Gasteiger partial charge < -0.3 is 10.1 Å². The van der Waals surface area contributed by atoms with Crippen LogP contribution in [0.1, 0.15) is 67.3 Å². The van der Waals surface area contributed by atoms with Crippen LogP contribution in [-0.2, 0) is 18.3 Å². The highest BCUT2D eigenvalue weighted by Gasteiger charge is 2.19. The number of fused-ring (bicyclic) bond motifs is 1. The van der Waals surface area contributed by atoms with Gasteiger partial charge in [-0.1, -0.05) is 33.3 Å². The summed E-state index contributed by atoms with van der Waals surface area (Å²) in [7, 11) is 1.60. The highest BCUT2D eigenvalue weighted by atomic mass is 16.5. The zero-order valence-corrected chi connectivity index (χ0v) is 16.1. The molecule has 1 N–H and O–H groups in total. The van der Waals surface area contributed by atoms with E-state index in [0.29, 0.717) is 17.3 Å². The Morgan fingerprint density at radius 2 is 1.92 bits per heavy atom. The molecule has 1 aliphatic carbocycles. The van der Waals surface area contributed by atoms with E-state index in [2.05, 4.69) is 36.1 Å². The molecule has 3 rings (SSSR count). The Bertz CT molecular complexity index is 792. The van der Waals surface area contributed by atoms with Gasteiger partial charge in [0.1, 0.15) is 5.69 Å². The fourth-order valence-corrected chi connectivity index (χ4v) is 3.18. The topological polar surface area (TPSA) is 64.1 Å². The first-order valence-electron chi connectivity index (χ1n) is 9.23. The van der Waals surface area contributed by atoms with E-state index >= 15 is 0 Å². The Balaban J connectivity index is 1.83. The maximum atomic E-state index is 12.6. The standard InChI is InChI=1S/C21H27N3O2/c1-21(2,3)15-10-11-17(22-13-15)20(25)24-19-18(26-4)12-14-8-6-5-7-9-16(14)23-19/h10-13H,5-9H2,1-4H3,(H,23,24,25). The molecule has 0 aromatic carbocycles. The maximum Gasteiger partial charge on any atom is 0.275 e. The fraction of sp³-hybridized carbons (Fsp3) is 0.476. The molecule has 0 spiro atoms. The molecule has 0 radical (unpaired) electrons. The molecule has 138 valence electrons. The average Bonchev–Trinajstić information content (AvgIpc) is 2.85. The van der Waals surface area contributed by atoms with E-state index in [9.17, 15) is 4.79 Å². The number of ether oxygens (including phenoxy) is 1. The molecule has 26 heavy (non-hydrogen) atoms. The second-order valence-corrected chi connectivity index (χ2v) is 7.84. The number of amides is 1. The third kappa shape index (κ3) is 4.03. The summed E-state index contributed by atoms with van der Waals surface area (Å²) in [6.07, 6.45) is 7.24. The van der Waals surface area contributed by atoms with Gasteiger partial charge in [0.15, 0.2) is 11.6 Å². The molecule has 0 aliphatic heterocycles. The van der Waals surface area contributed by atoms with Crippen LogP contribution in [0.15, 0.2) is 24.4 Å². The van der Waals surface area contributed by atoms with Crippen LogP contribution in [0.4, 0.5) is 5.82 Å². The minimum Gasteiger partial charge on any atom is -0.493 e. The number of rotatable bonds is 3. The number of aromatic nitrogens is 2. The predicted molar refractivity (Wildman–Crippen MR) is 103 cm³/mol. The first-order valence-corrected chi connectivity index (χ1v) is 9.23. The average molecular weight is 353 g/mol. The summed E-state index contributed by atoms with van der Waals surface area (Å²) in [6, 6.07) is 5.72. The zero-order chi connectivity index (χ0) is 18.7. The Morgan fingerprint density at radius 3 is 2.58 bits per heavy atom. The lowest BCUT2D eigenvalue weighted by Gasteiger charge is -2.18. The number of hydrogen-bond donors (Lipinski definition) is 1. The van der Waals surface area contributed by atoms with Crippen LogP contribution in [-0.4, -0.2) is 23.0 Å². The van der Waals surface area contributed by atoms with Crippen molar-refractivity contribution < 1.29 is 9.53 Å². The summed E-state index contributed by atoms with van der Waals surface area (Å²) < 4.78 is 5.46. The molecule has 0 atom stereocenters. The molecular formula is C21H27N3O2. The van der Waals surface area contributed by atoms with Gasteiger partial charge in [0.05, 0.1) is 7.11 Å². The van der Waals surface area contributed by atoms with Crippen molar-refractivity contribution in [3.05, 3.63) is 46.9 Å². The molecule has 1 amide bonds. The van der Waals surface area contributed by atoms with Crippen molar-refractivity contribution in [2.45, 2.75) is 58.3 Å². The zero-order valence-electron chi connectivity index (χ0n) is 16.1. The minimum atomic E-state index is -0.273. The summed E-state index contributed by atoms with van der Waals surface area (Å²) in [4.78, 5) is 21.6. The van der Waals surface area contributed by atoms with E-state index in [-0.39, 0.29) is 11.3 Å². The number of methoxy groups -OCH3 is 1. The SMILES string of the molecule is COc1cc2c(nc1NC(=O)c1ccc(C(C)(C)C)cn1)CCCCC2. The van der Waals surface area contributed by atoms with Gasteiger partial charge in [-0.25, -0.2) is 4.98 Å². The number of pyridine rings is 2. The lowest BCUT2D eigenvalue weighted by molar-refractivity contribution is 0.102. The molecular weight excluding hydrogens is 326 g/mol. The number of hydrogen-bond acceptors (Lipinski definition) is 4. The van der Waals surface area contributed by atoms with Gasteiger partial charge in [0, 0.05) is 11.9 Å². The smallest absolute Gasteiger partial charge is 0.275 e. The van der Waals surface area contributed by atoms with Gasteiger partial charge in [-0.15, -0.1) is 0 Å². The normalized spacial score (nSPS) is 14.3. The molecule has 0 bridgehead atoms. The van der Waals surface area contributed by atoms with Gasteiger partial charge in [-0.2, -0.15) is 0 Å². The number of anilines is 1. The van der Waals surface area contributed by atoms with E-state index in [1.54, 1.807) is 19.4 Å². The summed E-state index contributed by atoms with van der Waals surface area (Å²) in [6.45, 7) is 6.36. The Labute approximate surface area is 155 Å². The molecule has 2 heterocycles. The second kappa shape index (κ2) is 7.44. The molecule has 2 aromatic rings. The number of aryl methyl sites for hydroxylation is 2. The summed E-state index contributed by atoms with van der Waals surface area (Å²) in [5.74, 6) is 0.801. The molecule has 0 saturated heterocycles. The van der Waals surface area contributed by atoms with Crippen LogP contribution in [0.5, 0.6) is 5.75 Å². The lowest BCUT2D eigenvalue weighted by atomic mass is 9.88. The summed E-state index contributed by atoms with van der Waals surface area (Å²) in [5, 5.41) is 2.87. The molecule has 0 saturated carbocycles. The quantitative estimate of drug-likeness (QED) is 0.836. The van der Waals surface area contributed by atoms with E-state index in [0.717, 1.165) is 30.5 Å². The van der Waals surface area contributed by atoms with E-state index in [1.807, 2.05) is 12.1 Å². The van der Waals surface area contributed by atoms with Gasteiger partial charge in [0.25, 0.3) is 5.91 Å². The van der Waals surface area contributed by atoms with Crippen molar-refractivity contribution >= 4 is 11.7 Å². The molecule has 0 unspecified atom stereocenters. The fourth-order valence-electron chi connectivity index (χ4n) is 3.18. The minimum absolute atomic E-state index is 0.00375. The predicted octanol–water partition coefficient (Wildman–Crippen LogP) is 4.30. The Morgan fingerprint density at radius 1 is 1.15 bits per heavy atom. The number of nitrogens with one attached hydrogen (secondary N) is 1. The van der Waals surface area contributed by atoms with Crippen LogP contribution in [0.3, 0.4) is 0 Å². The largest absolute Gasteiger partial charge is 0.493 e. The van der Waals surface area contributed by atoms with Gasteiger partial charge in [-0.05, 0) is 54.4 Å². The van der Waals surface area contributed by atoms with Crippen LogP contribution < -0.4 is 10.1 Å². The van der Waals surface area contributed by atoms with Crippen molar-refractivity contribution in [2.24, 2.45) is 0 Å². The monoisotopic (exact) mass is 353 g/mol. The third-order valence-electron chi connectivity index (χ3n) is 4.83. The Kier molecular flexibility index (Phi) is 5.25. The molecule has 1 aliphatic rings. The van der Waals surface area contributed by atoms with Crippen LogP contribution in [0, 0.1) is 0 Å². The van der Waals surface area contributed by atoms with E-state index < -0.39 is 0 Å². The van der Waals surface area contributed by atoms with Crippen molar-refractivity contribution in [1.82, 2.24) is 9.97 Å². The second-order valence-electron chi connectivity index (χ2n) is 7.84.